The molecule has 3 rings (SSSR count). The Bertz CT molecular complexity index is 694. The molecule has 6 nitrogen and oxygen atoms in total. The van der Waals surface area contributed by atoms with E-state index in [0.717, 1.165) is 3.79 Å². The SMILES string of the molecule is CN(CC(=O)N1CCN(C(=O)CC2CCCC2)CC1)C(=O)c1ccc(Br)s1. The molecule has 2 aliphatic rings. The molecule has 1 saturated carbocycles. The second-order valence-electron chi connectivity index (χ2n) is 7.38. The lowest BCUT2D eigenvalue weighted by Gasteiger charge is -2.36. The number of piperazine rings is 1. The monoisotopic (exact) mass is 455 g/mol. The maximum absolute atomic E-state index is 12.5. The number of hydrogen-bond acceptors (Lipinski definition) is 4. The summed E-state index contributed by atoms with van der Waals surface area (Å²) in [5.41, 5.74) is 0. The lowest BCUT2D eigenvalue weighted by molar-refractivity contribution is -0.140. The van der Waals surface area contributed by atoms with Crippen LogP contribution in [0.15, 0.2) is 15.9 Å². The zero-order valence-corrected chi connectivity index (χ0v) is 18.1. The molecule has 0 N–H and O–H groups in total. The first kappa shape index (κ1) is 20.3. The van der Waals surface area contributed by atoms with E-state index in [-0.39, 0.29) is 24.3 Å². The van der Waals surface area contributed by atoms with Crippen molar-refractivity contribution in [3.8, 4) is 0 Å². The molecule has 0 aromatic carbocycles. The second kappa shape index (κ2) is 9.19. The zero-order chi connectivity index (χ0) is 19.4. The molecule has 2 fully saturated rings. The third-order valence-corrected chi connectivity index (χ3v) is 7.04. The standard InChI is InChI=1S/C19H26BrN3O3S/c1-21(19(26)15-6-7-16(20)27-15)13-18(25)23-10-8-22(9-11-23)17(24)12-14-4-2-3-5-14/h6-7,14H,2-5,8-13H2,1H3. The average Bonchev–Trinajstić information content (AvgIpc) is 3.32. The van der Waals surface area contributed by atoms with E-state index in [1.54, 1.807) is 18.0 Å². The van der Waals surface area contributed by atoms with E-state index in [9.17, 15) is 14.4 Å². The molecule has 0 bridgehead atoms. The van der Waals surface area contributed by atoms with Gasteiger partial charge < -0.3 is 14.7 Å². The summed E-state index contributed by atoms with van der Waals surface area (Å²) < 4.78 is 0.893. The molecule has 8 heteroatoms. The topological polar surface area (TPSA) is 60.9 Å². The Kier molecular flexibility index (Phi) is 6.92. The number of hydrogen-bond donors (Lipinski definition) is 0. The van der Waals surface area contributed by atoms with Crippen LogP contribution in [0.25, 0.3) is 0 Å². The van der Waals surface area contributed by atoms with Crippen LogP contribution in [0.3, 0.4) is 0 Å². The Balaban J connectivity index is 1.43. The Morgan fingerprint density at radius 1 is 1.07 bits per heavy atom. The van der Waals surface area contributed by atoms with E-state index in [1.807, 2.05) is 11.0 Å². The molecule has 1 aromatic rings. The molecule has 0 radical (unpaired) electrons. The molecule has 0 atom stereocenters. The molecular weight excluding hydrogens is 430 g/mol. The molecule has 1 aromatic heterocycles. The van der Waals surface area contributed by atoms with Crippen LogP contribution in [0.5, 0.6) is 0 Å². The van der Waals surface area contributed by atoms with Gasteiger partial charge in [0.05, 0.1) is 15.2 Å². The van der Waals surface area contributed by atoms with Crippen LogP contribution in [0.1, 0.15) is 41.8 Å². The fourth-order valence-electron chi connectivity index (χ4n) is 3.79. The highest BCUT2D eigenvalue weighted by Gasteiger charge is 2.27. The van der Waals surface area contributed by atoms with Crippen LogP contribution >= 0.6 is 27.3 Å². The van der Waals surface area contributed by atoms with E-state index < -0.39 is 0 Å². The highest BCUT2D eigenvalue weighted by Crippen LogP contribution is 2.28. The van der Waals surface area contributed by atoms with Crippen LogP contribution in [-0.2, 0) is 9.59 Å². The number of rotatable bonds is 5. The van der Waals surface area contributed by atoms with E-state index >= 15 is 0 Å². The lowest BCUT2D eigenvalue weighted by atomic mass is 10.0. The molecule has 27 heavy (non-hydrogen) atoms. The largest absolute Gasteiger partial charge is 0.339 e. The van der Waals surface area contributed by atoms with Crippen molar-refractivity contribution in [3.05, 3.63) is 20.8 Å². The predicted octanol–water partition coefficient (Wildman–Crippen LogP) is 2.83. The van der Waals surface area contributed by atoms with Crippen molar-refractivity contribution < 1.29 is 14.4 Å². The van der Waals surface area contributed by atoms with Gasteiger partial charge >= 0.3 is 0 Å². The fourth-order valence-corrected chi connectivity index (χ4v) is 5.17. The van der Waals surface area contributed by atoms with Crippen LogP contribution in [0.2, 0.25) is 0 Å². The maximum Gasteiger partial charge on any atom is 0.264 e. The molecule has 1 saturated heterocycles. The molecular formula is C19H26BrN3O3S. The lowest BCUT2D eigenvalue weighted by Crippen LogP contribution is -2.52. The van der Waals surface area contributed by atoms with E-state index in [0.29, 0.717) is 43.4 Å². The zero-order valence-electron chi connectivity index (χ0n) is 15.7. The van der Waals surface area contributed by atoms with Gasteiger partial charge in [-0.1, -0.05) is 12.8 Å². The molecule has 0 spiro atoms. The second-order valence-corrected chi connectivity index (χ2v) is 9.84. The molecule has 2 heterocycles. The van der Waals surface area contributed by atoms with Crippen LogP contribution in [-0.4, -0.2) is 72.2 Å². The average molecular weight is 456 g/mol. The van der Waals surface area contributed by atoms with Gasteiger partial charge in [-0.2, -0.15) is 0 Å². The number of carbonyl (C=O) groups excluding carboxylic acids is 3. The Morgan fingerprint density at radius 3 is 2.22 bits per heavy atom. The first-order valence-corrected chi connectivity index (χ1v) is 11.1. The van der Waals surface area contributed by atoms with Crippen molar-refractivity contribution in [2.75, 3.05) is 39.8 Å². The highest BCUT2D eigenvalue weighted by atomic mass is 79.9. The van der Waals surface area contributed by atoms with E-state index in [1.165, 1.54) is 41.9 Å². The molecule has 148 valence electrons. The van der Waals surface area contributed by atoms with Gasteiger partial charge in [-0.3, -0.25) is 14.4 Å². The summed E-state index contributed by atoms with van der Waals surface area (Å²) in [5, 5.41) is 0. The summed E-state index contributed by atoms with van der Waals surface area (Å²) in [4.78, 5) is 43.0. The van der Waals surface area contributed by atoms with Gasteiger partial charge in [0.1, 0.15) is 0 Å². The van der Waals surface area contributed by atoms with Gasteiger partial charge in [0.25, 0.3) is 5.91 Å². The predicted molar refractivity (Wildman–Crippen MR) is 109 cm³/mol. The minimum Gasteiger partial charge on any atom is -0.339 e. The highest BCUT2D eigenvalue weighted by molar-refractivity contribution is 9.11. The van der Waals surface area contributed by atoms with Crippen molar-refractivity contribution >= 4 is 45.0 Å². The van der Waals surface area contributed by atoms with Gasteiger partial charge in [-0.15, -0.1) is 11.3 Å². The van der Waals surface area contributed by atoms with Crippen molar-refractivity contribution in [1.29, 1.82) is 0 Å². The van der Waals surface area contributed by atoms with Crippen LogP contribution in [0, 0.1) is 5.92 Å². The summed E-state index contributed by atoms with van der Waals surface area (Å²) in [6.07, 6.45) is 5.49. The summed E-state index contributed by atoms with van der Waals surface area (Å²) in [5.74, 6) is 0.562. The fraction of sp³-hybridized carbons (Fsp3) is 0.632. The van der Waals surface area contributed by atoms with Gasteiger partial charge in [0, 0.05) is 39.6 Å². The smallest absolute Gasteiger partial charge is 0.264 e. The number of carbonyl (C=O) groups is 3. The third kappa shape index (κ3) is 5.31. The molecule has 1 aliphatic carbocycles. The molecule has 1 aliphatic heterocycles. The first-order chi connectivity index (χ1) is 12.9. The van der Waals surface area contributed by atoms with Crippen LogP contribution < -0.4 is 0 Å². The van der Waals surface area contributed by atoms with Crippen molar-refractivity contribution in [2.24, 2.45) is 5.92 Å². The number of likely N-dealkylation sites (N-methyl/N-ethyl adjacent to an activating group) is 1. The Morgan fingerprint density at radius 2 is 1.67 bits per heavy atom. The maximum atomic E-state index is 12.5. The minimum absolute atomic E-state index is 0.0599. The van der Waals surface area contributed by atoms with E-state index in [2.05, 4.69) is 15.9 Å². The third-order valence-electron chi connectivity index (χ3n) is 5.43. The van der Waals surface area contributed by atoms with Crippen molar-refractivity contribution in [1.82, 2.24) is 14.7 Å². The summed E-state index contributed by atoms with van der Waals surface area (Å²) >= 11 is 4.71. The van der Waals surface area contributed by atoms with Crippen molar-refractivity contribution in [2.45, 2.75) is 32.1 Å². The minimum atomic E-state index is -0.149. The van der Waals surface area contributed by atoms with Gasteiger partial charge in [-0.25, -0.2) is 0 Å². The number of nitrogens with zero attached hydrogens (tertiary/aromatic N) is 3. The Hall–Kier alpha value is -1.41. The summed E-state index contributed by atoms with van der Waals surface area (Å²) in [6.45, 7) is 2.33. The summed E-state index contributed by atoms with van der Waals surface area (Å²) in [6, 6.07) is 3.59. The number of thiophene rings is 1. The van der Waals surface area contributed by atoms with Gasteiger partial charge in [-0.05, 0) is 46.8 Å². The first-order valence-electron chi connectivity index (χ1n) is 9.50. The molecule has 3 amide bonds. The number of amides is 3. The summed E-state index contributed by atoms with van der Waals surface area (Å²) in [7, 11) is 1.65. The quantitative estimate of drug-likeness (QED) is 0.685. The molecule has 0 unspecified atom stereocenters. The van der Waals surface area contributed by atoms with Crippen LogP contribution in [0.4, 0.5) is 0 Å². The number of halogens is 1. The normalized spacial score (nSPS) is 18.0. The van der Waals surface area contributed by atoms with Crippen molar-refractivity contribution in [3.63, 3.8) is 0 Å². The van der Waals surface area contributed by atoms with Gasteiger partial charge in [0.15, 0.2) is 0 Å². The van der Waals surface area contributed by atoms with Gasteiger partial charge in [0.2, 0.25) is 11.8 Å². The Labute approximate surface area is 172 Å². The van der Waals surface area contributed by atoms with E-state index in [4.69, 9.17) is 0 Å².